The second-order valence-electron chi connectivity index (χ2n) is 2.46. The summed E-state index contributed by atoms with van der Waals surface area (Å²) in [7, 11) is 0. The molecule has 0 spiro atoms. The first-order chi connectivity index (χ1) is 5.18. The van der Waals surface area contributed by atoms with Gasteiger partial charge in [-0.05, 0) is 31.1 Å². The predicted octanol–water partition coefficient (Wildman–Crippen LogP) is 2.58. The third kappa shape index (κ3) is 2.72. The number of carbonyl (C=O) groups is 1. The van der Waals surface area contributed by atoms with E-state index in [1.807, 2.05) is 12.2 Å². The van der Waals surface area contributed by atoms with Gasteiger partial charge in [0.2, 0.25) is 0 Å². The average Bonchev–Trinajstić information content (AvgIpc) is 1.93. The first kappa shape index (κ1) is 8.28. The molecule has 0 N–H and O–H groups in total. The summed E-state index contributed by atoms with van der Waals surface area (Å²) < 4.78 is 0. The normalized spacial score (nSPS) is 20.2. The van der Waals surface area contributed by atoms with Crippen LogP contribution in [0.4, 0.5) is 0 Å². The molecule has 11 heavy (non-hydrogen) atoms. The van der Waals surface area contributed by atoms with E-state index in [4.69, 9.17) is 11.6 Å². The zero-order valence-corrected chi connectivity index (χ0v) is 7.06. The largest absolute Gasteiger partial charge is 0.295 e. The fourth-order valence-corrected chi connectivity index (χ4v) is 1.05. The molecule has 1 aliphatic rings. The van der Waals surface area contributed by atoms with Gasteiger partial charge in [0, 0.05) is 5.03 Å². The van der Waals surface area contributed by atoms with Crippen LogP contribution in [0.5, 0.6) is 0 Å². The molecule has 0 atom stereocenters. The molecule has 0 aliphatic heterocycles. The standard InChI is InChI=1S/C9H9ClO/c1-7(11)6-8-2-4-9(10)5-3-8/h2,4-6H,3H2,1H3. The van der Waals surface area contributed by atoms with Gasteiger partial charge in [-0.15, -0.1) is 0 Å². The van der Waals surface area contributed by atoms with Crippen molar-refractivity contribution in [3.8, 4) is 0 Å². The fraction of sp³-hybridized carbons (Fsp3) is 0.222. The molecule has 58 valence electrons. The lowest BCUT2D eigenvalue weighted by Gasteiger charge is -2.02. The van der Waals surface area contributed by atoms with Gasteiger partial charge >= 0.3 is 0 Å². The van der Waals surface area contributed by atoms with Crippen LogP contribution in [0, 0.1) is 0 Å². The van der Waals surface area contributed by atoms with Crippen LogP contribution in [0.25, 0.3) is 0 Å². The molecule has 0 bridgehead atoms. The van der Waals surface area contributed by atoms with Crippen LogP contribution in [0.15, 0.2) is 34.9 Å². The number of halogens is 1. The molecule has 1 nitrogen and oxygen atoms in total. The summed E-state index contributed by atoms with van der Waals surface area (Å²) in [6, 6.07) is 0. The molecule has 0 aromatic rings. The van der Waals surface area contributed by atoms with Gasteiger partial charge in [-0.2, -0.15) is 0 Å². The number of carbonyl (C=O) groups excluding carboxylic acids is 1. The molecule has 0 aromatic carbocycles. The third-order valence-electron chi connectivity index (χ3n) is 1.38. The van der Waals surface area contributed by atoms with Gasteiger partial charge in [-0.25, -0.2) is 0 Å². The molecule has 1 aliphatic carbocycles. The molecule has 0 amide bonds. The molecular weight excluding hydrogens is 160 g/mol. The molecule has 0 unspecified atom stereocenters. The van der Waals surface area contributed by atoms with Gasteiger partial charge in [-0.1, -0.05) is 23.8 Å². The van der Waals surface area contributed by atoms with E-state index in [2.05, 4.69) is 0 Å². The highest BCUT2D eigenvalue weighted by Gasteiger charge is 1.98. The van der Waals surface area contributed by atoms with Crippen LogP contribution in [0.3, 0.4) is 0 Å². The first-order valence-electron chi connectivity index (χ1n) is 3.43. The maximum Gasteiger partial charge on any atom is 0.152 e. The van der Waals surface area contributed by atoms with Gasteiger partial charge < -0.3 is 0 Å². The molecule has 0 saturated heterocycles. The Balaban J connectivity index is 2.70. The Morgan fingerprint density at radius 1 is 1.64 bits per heavy atom. The SMILES string of the molecule is CC(=O)C=C1C=CC(Cl)=CC1. The van der Waals surface area contributed by atoms with E-state index >= 15 is 0 Å². The van der Waals surface area contributed by atoms with Crippen molar-refractivity contribution >= 4 is 17.4 Å². The second kappa shape index (κ2) is 3.54. The maximum atomic E-state index is 10.6. The summed E-state index contributed by atoms with van der Waals surface area (Å²) in [6.45, 7) is 1.54. The number of allylic oxidation sites excluding steroid dienone is 6. The van der Waals surface area contributed by atoms with E-state index in [9.17, 15) is 4.79 Å². The summed E-state index contributed by atoms with van der Waals surface area (Å²) in [5.41, 5.74) is 1.02. The highest BCUT2D eigenvalue weighted by molar-refractivity contribution is 6.31. The van der Waals surface area contributed by atoms with Crippen LogP contribution in [0.2, 0.25) is 0 Å². The minimum atomic E-state index is 0.0797. The minimum absolute atomic E-state index is 0.0797. The van der Waals surface area contributed by atoms with E-state index in [1.54, 1.807) is 19.1 Å². The monoisotopic (exact) mass is 168 g/mol. The summed E-state index contributed by atoms with van der Waals surface area (Å²) in [6.07, 6.45) is 7.92. The van der Waals surface area contributed by atoms with Crippen LogP contribution < -0.4 is 0 Å². The van der Waals surface area contributed by atoms with Crippen molar-refractivity contribution in [3.63, 3.8) is 0 Å². The number of rotatable bonds is 1. The van der Waals surface area contributed by atoms with E-state index in [1.165, 1.54) is 0 Å². The Kier molecular flexibility index (Phi) is 2.66. The first-order valence-corrected chi connectivity index (χ1v) is 3.81. The smallest absolute Gasteiger partial charge is 0.152 e. The highest BCUT2D eigenvalue weighted by Crippen LogP contribution is 2.17. The Hall–Kier alpha value is -0.820. The maximum absolute atomic E-state index is 10.6. The van der Waals surface area contributed by atoms with E-state index in [-0.39, 0.29) is 5.78 Å². The zero-order chi connectivity index (χ0) is 8.27. The van der Waals surface area contributed by atoms with Crippen molar-refractivity contribution in [3.05, 3.63) is 34.9 Å². The van der Waals surface area contributed by atoms with Crippen LogP contribution in [-0.4, -0.2) is 5.78 Å². The number of hydrogen-bond donors (Lipinski definition) is 0. The van der Waals surface area contributed by atoms with Crippen LogP contribution in [-0.2, 0) is 4.79 Å². The molecule has 1 rings (SSSR count). The lowest BCUT2D eigenvalue weighted by molar-refractivity contribution is -0.112. The Bertz CT molecular complexity index is 259. The summed E-state index contributed by atoms with van der Waals surface area (Å²) in [5, 5.41) is 0.741. The number of hydrogen-bond acceptors (Lipinski definition) is 1. The van der Waals surface area contributed by atoms with Crippen LogP contribution in [0.1, 0.15) is 13.3 Å². The number of ketones is 1. The van der Waals surface area contributed by atoms with Crippen molar-refractivity contribution < 1.29 is 4.79 Å². The van der Waals surface area contributed by atoms with Crippen molar-refractivity contribution in [1.29, 1.82) is 0 Å². The summed E-state index contributed by atoms with van der Waals surface area (Å²) in [4.78, 5) is 10.6. The topological polar surface area (TPSA) is 17.1 Å². The van der Waals surface area contributed by atoms with E-state index < -0.39 is 0 Å². The Labute approximate surface area is 71.0 Å². The van der Waals surface area contributed by atoms with Crippen molar-refractivity contribution in [2.45, 2.75) is 13.3 Å². The molecule has 0 fully saturated rings. The molecule has 0 heterocycles. The van der Waals surface area contributed by atoms with Gasteiger partial charge in [0.1, 0.15) is 0 Å². The average molecular weight is 169 g/mol. The van der Waals surface area contributed by atoms with Crippen molar-refractivity contribution in [2.24, 2.45) is 0 Å². The molecule has 0 aromatic heterocycles. The van der Waals surface area contributed by atoms with Gasteiger partial charge in [-0.3, -0.25) is 4.79 Å². The summed E-state index contributed by atoms with van der Waals surface area (Å²) in [5.74, 6) is 0.0797. The fourth-order valence-electron chi connectivity index (χ4n) is 0.906. The molecule has 2 heteroatoms. The molecule has 0 saturated carbocycles. The second-order valence-corrected chi connectivity index (χ2v) is 2.89. The summed E-state index contributed by atoms with van der Waals surface area (Å²) >= 11 is 5.68. The predicted molar refractivity (Wildman–Crippen MR) is 46.5 cm³/mol. The van der Waals surface area contributed by atoms with Gasteiger partial charge in [0.15, 0.2) is 5.78 Å². The molecule has 0 radical (unpaired) electrons. The molecular formula is C9H9ClO. The lowest BCUT2D eigenvalue weighted by Crippen LogP contribution is -1.88. The highest BCUT2D eigenvalue weighted by atomic mass is 35.5. The minimum Gasteiger partial charge on any atom is -0.295 e. The Morgan fingerprint density at radius 2 is 2.36 bits per heavy atom. The lowest BCUT2D eigenvalue weighted by atomic mass is 10.1. The third-order valence-corrected chi connectivity index (χ3v) is 1.66. The van der Waals surface area contributed by atoms with Gasteiger partial charge in [0.25, 0.3) is 0 Å². The van der Waals surface area contributed by atoms with Gasteiger partial charge in [0.05, 0.1) is 0 Å². The quantitative estimate of drug-likeness (QED) is 0.550. The Morgan fingerprint density at radius 3 is 2.82 bits per heavy atom. The van der Waals surface area contributed by atoms with Crippen molar-refractivity contribution in [2.75, 3.05) is 0 Å². The van der Waals surface area contributed by atoms with E-state index in [0.717, 1.165) is 17.0 Å². The van der Waals surface area contributed by atoms with Crippen molar-refractivity contribution in [1.82, 2.24) is 0 Å². The van der Waals surface area contributed by atoms with Crippen LogP contribution >= 0.6 is 11.6 Å². The van der Waals surface area contributed by atoms with E-state index in [0.29, 0.717) is 0 Å². The zero-order valence-electron chi connectivity index (χ0n) is 6.30.